The van der Waals surface area contributed by atoms with Crippen molar-refractivity contribution >= 4 is 0 Å². The number of aryl methyl sites for hydroxylation is 2. The summed E-state index contributed by atoms with van der Waals surface area (Å²) in [4.78, 5) is 0. The maximum atomic E-state index is 12.7. The zero-order valence-electron chi connectivity index (χ0n) is 10.5. The Morgan fingerprint density at radius 3 is 2.68 bits per heavy atom. The first-order valence-electron chi connectivity index (χ1n) is 5.59. The lowest BCUT2D eigenvalue weighted by molar-refractivity contribution is -0.138. The number of halogens is 3. The van der Waals surface area contributed by atoms with Crippen LogP contribution in [0.2, 0.25) is 0 Å². The molecule has 0 bridgehead atoms. The summed E-state index contributed by atoms with van der Waals surface area (Å²) in [6.07, 6.45) is -3.56. The quantitative estimate of drug-likeness (QED) is 0.926. The fourth-order valence-corrected chi connectivity index (χ4v) is 1.72. The van der Waals surface area contributed by atoms with E-state index in [0.29, 0.717) is 18.0 Å². The van der Waals surface area contributed by atoms with Crippen molar-refractivity contribution in [3.63, 3.8) is 0 Å². The van der Waals surface area contributed by atoms with Gasteiger partial charge in [-0.05, 0) is 6.92 Å². The Morgan fingerprint density at radius 1 is 1.37 bits per heavy atom. The Balaban J connectivity index is 2.01. The Kier molecular flexibility index (Phi) is 3.61. The minimum absolute atomic E-state index is 0.0528. The molecule has 2 aromatic rings. The van der Waals surface area contributed by atoms with Crippen LogP contribution in [-0.2, 0) is 26.3 Å². The molecule has 0 aliphatic rings. The molecule has 19 heavy (non-hydrogen) atoms. The number of nitrogens with one attached hydrogen (secondary N) is 1. The largest absolute Gasteiger partial charge is 0.419 e. The molecule has 0 atom stereocenters. The zero-order chi connectivity index (χ0) is 14.0. The normalized spacial score (nSPS) is 12.1. The first-order valence-corrected chi connectivity index (χ1v) is 5.59. The fraction of sp³-hybridized carbons (Fsp3) is 0.455. The maximum absolute atomic E-state index is 12.7. The molecular formula is C11H13F3N4O. The van der Waals surface area contributed by atoms with Crippen LogP contribution in [0.5, 0.6) is 0 Å². The predicted molar refractivity (Wildman–Crippen MR) is 60.0 cm³/mol. The van der Waals surface area contributed by atoms with E-state index in [9.17, 15) is 13.2 Å². The van der Waals surface area contributed by atoms with E-state index in [2.05, 4.69) is 15.6 Å². The van der Waals surface area contributed by atoms with Crippen LogP contribution < -0.4 is 5.32 Å². The monoisotopic (exact) mass is 274 g/mol. The Hall–Kier alpha value is -1.83. The second-order valence-electron chi connectivity index (χ2n) is 4.16. The molecule has 0 fully saturated rings. The third kappa shape index (κ3) is 3.14. The molecule has 0 saturated heterocycles. The van der Waals surface area contributed by atoms with Gasteiger partial charge in [0.05, 0.1) is 23.1 Å². The molecule has 0 aliphatic heterocycles. The molecule has 8 heteroatoms. The van der Waals surface area contributed by atoms with Gasteiger partial charge in [0.1, 0.15) is 5.76 Å². The highest BCUT2D eigenvalue weighted by Crippen LogP contribution is 2.31. The van der Waals surface area contributed by atoms with E-state index >= 15 is 0 Å². The van der Waals surface area contributed by atoms with Crippen LogP contribution in [-0.4, -0.2) is 14.9 Å². The second kappa shape index (κ2) is 5.04. The molecule has 1 N–H and O–H groups in total. The number of alkyl halides is 3. The van der Waals surface area contributed by atoms with Gasteiger partial charge < -0.3 is 9.84 Å². The van der Waals surface area contributed by atoms with Gasteiger partial charge in [0.2, 0.25) is 0 Å². The lowest BCUT2D eigenvalue weighted by atomic mass is 10.2. The van der Waals surface area contributed by atoms with E-state index in [-0.39, 0.29) is 12.2 Å². The predicted octanol–water partition coefficient (Wildman–Crippen LogP) is 2.03. The molecule has 0 amide bonds. The molecule has 5 nitrogen and oxygen atoms in total. The van der Waals surface area contributed by atoms with E-state index in [0.717, 1.165) is 6.20 Å². The Morgan fingerprint density at radius 2 is 2.11 bits per heavy atom. The van der Waals surface area contributed by atoms with Gasteiger partial charge >= 0.3 is 6.18 Å². The third-order valence-electron chi connectivity index (χ3n) is 2.64. The highest BCUT2D eigenvalue weighted by atomic mass is 19.4. The van der Waals surface area contributed by atoms with Crippen molar-refractivity contribution in [1.29, 1.82) is 0 Å². The maximum Gasteiger partial charge on any atom is 0.419 e. The summed E-state index contributed by atoms with van der Waals surface area (Å²) < 4.78 is 44.2. The minimum atomic E-state index is -4.39. The van der Waals surface area contributed by atoms with E-state index in [1.54, 1.807) is 13.0 Å². The fourth-order valence-electron chi connectivity index (χ4n) is 1.72. The van der Waals surface area contributed by atoms with Gasteiger partial charge in [-0.2, -0.15) is 18.3 Å². The number of rotatable bonds is 4. The summed E-state index contributed by atoms with van der Waals surface area (Å²) in [5.41, 5.74) is 0.0137. The highest BCUT2D eigenvalue weighted by molar-refractivity contribution is 5.21. The zero-order valence-corrected chi connectivity index (χ0v) is 10.5. The molecule has 2 heterocycles. The van der Waals surface area contributed by atoms with Gasteiger partial charge in [0.25, 0.3) is 0 Å². The molecular weight excluding hydrogens is 261 g/mol. The van der Waals surface area contributed by atoms with Gasteiger partial charge in [-0.25, -0.2) is 0 Å². The lowest BCUT2D eigenvalue weighted by Crippen LogP contribution is -2.19. The summed E-state index contributed by atoms with van der Waals surface area (Å²) in [5, 5.41) is 10.3. The van der Waals surface area contributed by atoms with Crippen LogP contribution in [0.1, 0.15) is 22.7 Å². The van der Waals surface area contributed by atoms with Crippen LogP contribution >= 0.6 is 0 Å². The molecule has 0 saturated carbocycles. The molecule has 2 rings (SSSR count). The summed E-state index contributed by atoms with van der Waals surface area (Å²) >= 11 is 0. The first kappa shape index (κ1) is 13.6. The number of hydrogen-bond acceptors (Lipinski definition) is 4. The minimum Gasteiger partial charge on any atom is -0.361 e. The van der Waals surface area contributed by atoms with Crippen molar-refractivity contribution in [2.24, 2.45) is 7.05 Å². The van der Waals surface area contributed by atoms with Crippen molar-refractivity contribution in [3.8, 4) is 0 Å². The van der Waals surface area contributed by atoms with Crippen LogP contribution in [0, 0.1) is 6.92 Å². The third-order valence-corrected chi connectivity index (χ3v) is 2.64. The summed E-state index contributed by atoms with van der Waals surface area (Å²) in [6, 6.07) is 1.72. The summed E-state index contributed by atoms with van der Waals surface area (Å²) in [6.45, 7) is 2.14. The van der Waals surface area contributed by atoms with Gasteiger partial charge in [-0.15, -0.1) is 0 Å². The van der Waals surface area contributed by atoms with Crippen LogP contribution in [0.3, 0.4) is 0 Å². The molecule has 0 aromatic carbocycles. The Labute approximate surface area is 107 Å². The van der Waals surface area contributed by atoms with Crippen LogP contribution in [0.4, 0.5) is 13.2 Å². The Bertz CT molecular complexity index is 559. The molecule has 104 valence electrons. The molecule has 0 unspecified atom stereocenters. The highest BCUT2D eigenvalue weighted by Gasteiger charge is 2.35. The smallest absolute Gasteiger partial charge is 0.361 e. The van der Waals surface area contributed by atoms with Gasteiger partial charge in [-0.3, -0.25) is 4.68 Å². The van der Waals surface area contributed by atoms with Gasteiger partial charge in [0, 0.05) is 26.2 Å². The van der Waals surface area contributed by atoms with E-state index in [4.69, 9.17) is 4.52 Å². The second-order valence-corrected chi connectivity index (χ2v) is 4.16. The molecule has 0 radical (unpaired) electrons. The summed E-state index contributed by atoms with van der Waals surface area (Å²) in [5.74, 6) is 0.660. The van der Waals surface area contributed by atoms with Gasteiger partial charge in [0.15, 0.2) is 0 Å². The molecule has 2 aromatic heterocycles. The lowest BCUT2D eigenvalue weighted by Gasteiger charge is -2.09. The van der Waals surface area contributed by atoms with Gasteiger partial charge in [-0.1, -0.05) is 5.16 Å². The van der Waals surface area contributed by atoms with E-state index in [1.807, 2.05) is 0 Å². The van der Waals surface area contributed by atoms with Crippen LogP contribution in [0.15, 0.2) is 16.8 Å². The van der Waals surface area contributed by atoms with Crippen molar-refractivity contribution in [2.75, 3.05) is 0 Å². The topological polar surface area (TPSA) is 55.9 Å². The molecule has 0 spiro atoms. The summed E-state index contributed by atoms with van der Waals surface area (Å²) in [7, 11) is 1.48. The first-order chi connectivity index (χ1) is 8.88. The van der Waals surface area contributed by atoms with E-state index < -0.39 is 11.7 Å². The number of nitrogens with zero attached hydrogens (tertiary/aromatic N) is 3. The van der Waals surface area contributed by atoms with Crippen molar-refractivity contribution in [1.82, 2.24) is 20.3 Å². The van der Waals surface area contributed by atoms with E-state index in [1.165, 1.54) is 11.7 Å². The number of hydrogen-bond donors (Lipinski definition) is 1. The standard InChI is InChI=1S/C11H13F3N4O/c1-7-3-8(17-19-7)4-15-6-10-9(11(12,13)14)5-16-18(10)2/h3,5,15H,4,6H2,1-2H3. The van der Waals surface area contributed by atoms with Crippen molar-refractivity contribution in [3.05, 3.63) is 35.0 Å². The average molecular weight is 274 g/mol. The van der Waals surface area contributed by atoms with Crippen molar-refractivity contribution < 1.29 is 17.7 Å². The van der Waals surface area contributed by atoms with Crippen molar-refractivity contribution in [2.45, 2.75) is 26.2 Å². The SMILES string of the molecule is Cc1cc(CNCc2c(C(F)(F)F)cnn2C)no1. The molecule has 0 aliphatic carbocycles. The average Bonchev–Trinajstić information content (AvgIpc) is 2.86. The number of aromatic nitrogens is 3. The van der Waals surface area contributed by atoms with Crippen LogP contribution in [0.25, 0.3) is 0 Å².